The molecule has 16 heavy (non-hydrogen) atoms. The van der Waals surface area contributed by atoms with Gasteiger partial charge >= 0.3 is 0 Å². The van der Waals surface area contributed by atoms with E-state index >= 15 is 0 Å². The highest BCUT2D eigenvalue weighted by Crippen LogP contribution is 2.21. The summed E-state index contributed by atoms with van der Waals surface area (Å²) < 4.78 is 5.06. The minimum Gasteiger partial charge on any atom is -0.481 e. The van der Waals surface area contributed by atoms with Crippen LogP contribution in [0.25, 0.3) is 0 Å². The van der Waals surface area contributed by atoms with Crippen LogP contribution in [0.2, 0.25) is 0 Å². The Bertz CT molecular complexity index is 326. The second kappa shape index (κ2) is 5.70. The number of aromatic nitrogens is 1. The molecule has 4 heteroatoms. The van der Waals surface area contributed by atoms with Crippen molar-refractivity contribution in [1.29, 1.82) is 0 Å². The number of methoxy groups -OCH3 is 1. The molecule has 0 radical (unpaired) electrons. The highest BCUT2D eigenvalue weighted by molar-refractivity contribution is 5.45. The molecule has 0 amide bonds. The average Bonchev–Trinajstić information content (AvgIpc) is 2.27. The zero-order valence-electron chi connectivity index (χ0n) is 10.3. The highest BCUT2D eigenvalue weighted by Gasteiger charge is 2.16. The van der Waals surface area contributed by atoms with Crippen LogP contribution < -0.4 is 15.8 Å². The van der Waals surface area contributed by atoms with Crippen molar-refractivity contribution < 1.29 is 4.74 Å². The summed E-state index contributed by atoms with van der Waals surface area (Å²) in [6.45, 7) is 6.00. The summed E-state index contributed by atoms with van der Waals surface area (Å²) in [5, 5.41) is 3.37. The number of rotatable bonds is 6. The lowest BCUT2D eigenvalue weighted by atomic mass is 9.89. The van der Waals surface area contributed by atoms with E-state index in [0.717, 1.165) is 18.7 Å². The van der Waals surface area contributed by atoms with Crippen LogP contribution in [0.3, 0.4) is 0 Å². The molecular weight excluding hydrogens is 202 g/mol. The second-order valence-corrected chi connectivity index (χ2v) is 4.64. The van der Waals surface area contributed by atoms with Gasteiger partial charge in [-0.3, -0.25) is 0 Å². The number of pyridine rings is 1. The first-order chi connectivity index (χ1) is 7.57. The van der Waals surface area contributed by atoms with Gasteiger partial charge in [0, 0.05) is 24.5 Å². The Morgan fingerprint density at radius 3 is 2.88 bits per heavy atom. The van der Waals surface area contributed by atoms with Crippen LogP contribution in [-0.4, -0.2) is 25.2 Å². The molecule has 0 unspecified atom stereocenters. The summed E-state index contributed by atoms with van der Waals surface area (Å²) in [5.74, 6) is 0.627. The van der Waals surface area contributed by atoms with Gasteiger partial charge in [-0.15, -0.1) is 0 Å². The van der Waals surface area contributed by atoms with E-state index in [1.165, 1.54) is 0 Å². The molecule has 0 saturated heterocycles. The number of nitrogens with zero attached hydrogens (tertiary/aromatic N) is 1. The van der Waals surface area contributed by atoms with Crippen molar-refractivity contribution in [3.8, 4) is 5.88 Å². The largest absolute Gasteiger partial charge is 0.481 e. The van der Waals surface area contributed by atoms with Gasteiger partial charge in [0.2, 0.25) is 5.88 Å². The fraction of sp³-hybridized carbons (Fsp3) is 0.583. The van der Waals surface area contributed by atoms with Crippen LogP contribution in [0.5, 0.6) is 5.88 Å². The van der Waals surface area contributed by atoms with Crippen LogP contribution in [-0.2, 0) is 0 Å². The van der Waals surface area contributed by atoms with E-state index in [1.54, 1.807) is 13.3 Å². The molecule has 1 rings (SSSR count). The van der Waals surface area contributed by atoms with Gasteiger partial charge in [-0.2, -0.15) is 0 Å². The number of nitrogens with two attached hydrogens (primary N) is 1. The third kappa shape index (κ3) is 4.06. The molecule has 0 aromatic carbocycles. The molecule has 4 nitrogen and oxygen atoms in total. The molecule has 0 fully saturated rings. The summed E-state index contributed by atoms with van der Waals surface area (Å²) in [6.07, 6.45) is 2.74. The highest BCUT2D eigenvalue weighted by atomic mass is 16.5. The number of hydrogen-bond donors (Lipinski definition) is 2. The first kappa shape index (κ1) is 12.8. The van der Waals surface area contributed by atoms with Crippen LogP contribution >= 0.6 is 0 Å². The van der Waals surface area contributed by atoms with Gasteiger partial charge in [0.1, 0.15) is 0 Å². The van der Waals surface area contributed by atoms with Crippen LogP contribution in [0, 0.1) is 5.41 Å². The predicted octanol–water partition coefficient (Wildman–Crippen LogP) is 1.88. The van der Waals surface area contributed by atoms with Gasteiger partial charge in [-0.1, -0.05) is 13.8 Å². The van der Waals surface area contributed by atoms with Crippen molar-refractivity contribution in [3.05, 3.63) is 18.3 Å². The summed E-state index contributed by atoms with van der Waals surface area (Å²) >= 11 is 0. The topological polar surface area (TPSA) is 60.2 Å². The Labute approximate surface area is 97.2 Å². The number of nitrogens with one attached hydrogen (secondary N) is 1. The van der Waals surface area contributed by atoms with E-state index in [4.69, 9.17) is 10.5 Å². The zero-order valence-corrected chi connectivity index (χ0v) is 10.3. The van der Waals surface area contributed by atoms with Gasteiger partial charge in [0.15, 0.2) is 0 Å². The Morgan fingerprint density at radius 1 is 1.50 bits per heavy atom. The van der Waals surface area contributed by atoms with Gasteiger partial charge in [0.05, 0.1) is 7.11 Å². The van der Waals surface area contributed by atoms with E-state index in [1.807, 2.05) is 12.1 Å². The fourth-order valence-electron chi connectivity index (χ4n) is 1.45. The van der Waals surface area contributed by atoms with Gasteiger partial charge < -0.3 is 15.8 Å². The van der Waals surface area contributed by atoms with Crippen molar-refractivity contribution in [2.45, 2.75) is 20.3 Å². The molecule has 0 aliphatic heterocycles. The summed E-state index contributed by atoms with van der Waals surface area (Å²) in [5.41, 5.74) is 6.80. The molecular formula is C12H21N3O. The van der Waals surface area contributed by atoms with Gasteiger partial charge in [0.25, 0.3) is 0 Å². The van der Waals surface area contributed by atoms with E-state index < -0.39 is 0 Å². The molecule has 1 aromatic heterocycles. The zero-order chi connectivity index (χ0) is 12.0. The smallest absolute Gasteiger partial charge is 0.214 e. The molecule has 0 aliphatic carbocycles. The Kier molecular flexibility index (Phi) is 4.55. The van der Waals surface area contributed by atoms with E-state index in [-0.39, 0.29) is 5.41 Å². The fourth-order valence-corrected chi connectivity index (χ4v) is 1.45. The lowest BCUT2D eigenvalue weighted by Gasteiger charge is -2.24. The number of hydrogen-bond acceptors (Lipinski definition) is 4. The van der Waals surface area contributed by atoms with Gasteiger partial charge in [-0.05, 0) is 24.4 Å². The van der Waals surface area contributed by atoms with E-state index in [9.17, 15) is 0 Å². The maximum atomic E-state index is 5.57. The Balaban J connectivity index is 2.53. The summed E-state index contributed by atoms with van der Waals surface area (Å²) in [4.78, 5) is 4.06. The normalized spacial score (nSPS) is 11.2. The maximum Gasteiger partial charge on any atom is 0.214 e. The predicted molar refractivity (Wildman–Crippen MR) is 66.7 cm³/mol. The molecule has 0 spiro atoms. The van der Waals surface area contributed by atoms with Crippen molar-refractivity contribution in [1.82, 2.24) is 4.98 Å². The summed E-state index contributed by atoms with van der Waals surface area (Å²) in [7, 11) is 1.62. The number of ether oxygens (including phenoxy) is 1. The first-order valence-electron chi connectivity index (χ1n) is 5.51. The van der Waals surface area contributed by atoms with Crippen molar-refractivity contribution in [2.75, 3.05) is 25.5 Å². The van der Waals surface area contributed by atoms with Crippen LogP contribution in [0.1, 0.15) is 20.3 Å². The second-order valence-electron chi connectivity index (χ2n) is 4.64. The Hall–Kier alpha value is -1.29. The van der Waals surface area contributed by atoms with Crippen LogP contribution in [0.15, 0.2) is 18.3 Å². The quantitative estimate of drug-likeness (QED) is 0.773. The standard InChI is InChI=1S/C12H21N3O/c1-12(2,5-6-13)9-15-10-4-7-14-11(8-10)16-3/h4,7-8H,5-6,9,13H2,1-3H3,(H,14,15). The molecule has 0 aliphatic rings. The minimum atomic E-state index is 0.200. The van der Waals surface area contributed by atoms with Gasteiger partial charge in [-0.25, -0.2) is 4.98 Å². The molecule has 3 N–H and O–H groups in total. The molecule has 0 bridgehead atoms. The SMILES string of the molecule is COc1cc(NCC(C)(C)CCN)ccn1. The average molecular weight is 223 g/mol. The van der Waals surface area contributed by atoms with Crippen LogP contribution in [0.4, 0.5) is 5.69 Å². The van der Waals surface area contributed by atoms with Crippen molar-refractivity contribution in [2.24, 2.45) is 11.1 Å². The third-order valence-corrected chi connectivity index (χ3v) is 2.54. The maximum absolute atomic E-state index is 5.57. The van der Waals surface area contributed by atoms with Crippen molar-refractivity contribution in [3.63, 3.8) is 0 Å². The monoisotopic (exact) mass is 223 g/mol. The number of anilines is 1. The molecule has 90 valence electrons. The molecule has 0 atom stereocenters. The van der Waals surface area contributed by atoms with E-state index in [2.05, 4.69) is 24.1 Å². The minimum absolute atomic E-state index is 0.200. The molecule has 0 saturated carbocycles. The first-order valence-corrected chi connectivity index (χ1v) is 5.51. The van der Waals surface area contributed by atoms with Crippen molar-refractivity contribution >= 4 is 5.69 Å². The lowest BCUT2D eigenvalue weighted by molar-refractivity contribution is 0.365. The molecule has 1 heterocycles. The Morgan fingerprint density at radius 2 is 2.25 bits per heavy atom. The molecule has 1 aromatic rings. The summed E-state index contributed by atoms with van der Waals surface area (Å²) in [6, 6.07) is 3.82. The van der Waals surface area contributed by atoms with E-state index in [0.29, 0.717) is 12.4 Å². The lowest BCUT2D eigenvalue weighted by Crippen LogP contribution is -2.26. The third-order valence-electron chi connectivity index (χ3n) is 2.54.